The Kier molecular flexibility index (Phi) is 6.93. The molecule has 1 N–H and O–H groups in total. The first-order valence-electron chi connectivity index (χ1n) is 10.2. The third-order valence-corrected chi connectivity index (χ3v) is 7.09. The van der Waals surface area contributed by atoms with Gasteiger partial charge in [-0.05, 0) is 56.2 Å². The van der Waals surface area contributed by atoms with E-state index in [1.165, 1.54) is 9.87 Å². The molecule has 5 nitrogen and oxygen atoms in total. The minimum Gasteiger partial charge on any atom is -0.346 e. The lowest BCUT2D eigenvalue weighted by molar-refractivity contribution is 0.0940. The molecule has 6 heteroatoms. The van der Waals surface area contributed by atoms with Crippen molar-refractivity contribution >= 4 is 15.9 Å². The van der Waals surface area contributed by atoms with Gasteiger partial charge < -0.3 is 5.32 Å². The minimum absolute atomic E-state index is 0.112. The number of aryl methyl sites for hydroxylation is 2. The molecule has 0 saturated heterocycles. The van der Waals surface area contributed by atoms with Gasteiger partial charge in [0.15, 0.2) is 0 Å². The molecule has 0 radical (unpaired) electrons. The molecule has 31 heavy (non-hydrogen) atoms. The maximum Gasteiger partial charge on any atom is 0.251 e. The molecule has 3 aromatic carbocycles. The van der Waals surface area contributed by atoms with Crippen LogP contribution in [0.3, 0.4) is 0 Å². The fraction of sp³-hybridized carbons (Fsp3) is 0.240. The zero-order valence-corrected chi connectivity index (χ0v) is 19.1. The van der Waals surface area contributed by atoms with Crippen molar-refractivity contribution in [3.05, 3.63) is 101 Å². The molecule has 0 saturated carbocycles. The highest BCUT2D eigenvalue weighted by molar-refractivity contribution is 7.89. The van der Waals surface area contributed by atoms with Crippen molar-refractivity contribution < 1.29 is 13.2 Å². The van der Waals surface area contributed by atoms with E-state index in [4.69, 9.17) is 0 Å². The number of sulfonamides is 1. The van der Waals surface area contributed by atoms with Gasteiger partial charge in [0.05, 0.1) is 10.9 Å². The van der Waals surface area contributed by atoms with E-state index in [1.807, 2.05) is 45.0 Å². The van der Waals surface area contributed by atoms with Gasteiger partial charge in [-0.1, -0.05) is 59.7 Å². The Balaban J connectivity index is 1.64. The highest BCUT2D eigenvalue weighted by Gasteiger charge is 2.21. The number of carbonyl (C=O) groups excluding carboxylic acids is 1. The quantitative estimate of drug-likeness (QED) is 0.588. The summed E-state index contributed by atoms with van der Waals surface area (Å²) in [5, 5.41) is 3.00. The van der Waals surface area contributed by atoms with Gasteiger partial charge >= 0.3 is 0 Å². The molecule has 1 amide bonds. The zero-order chi connectivity index (χ0) is 22.6. The van der Waals surface area contributed by atoms with Crippen LogP contribution in [0.5, 0.6) is 0 Å². The number of nitrogens with zero attached hydrogens (tertiary/aromatic N) is 1. The third kappa shape index (κ3) is 5.60. The van der Waals surface area contributed by atoms with Gasteiger partial charge in [0.25, 0.3) is 5.91 Å². The Morgan fingerprint density at radius 3 is 1.94 bits per heavy atom. The smallest absolute Gasteiger partial charge is 0.251 e. The summed E-state index contributed by atoms with van der Waals surface area (Å²) in [5.74, 6) is -0.166. The number of nitrogens with one attached hydrogen (secondary N) is 1. The number of hydrogen-bond acceptors (Lipinski definition) is 3. The van der Waals surface area contributed by atoms with Gasteiger partial charge in [0, 0.05) is 19.2 Å². The number of rotatable bonds is 7. The molecule has 0 aromatic heterocycles. The van der Waals surface area contributed by atoms with Crippen molar-refractivity contribution in [1.29, 1.82) is 0 Å². The topological polar surface area (TPSA) is 66.5 Å². The van der Waals surface area contributed by atoms with Gasteiger partial charge in [-0.15, -0.1) is 0 Å². The normalized spacial score (nSPS) is 12.5. The van der Waals surface area contributed by atoms with E-state index in [0.29, 0.717) is 5.56 Å². The lowest BCUT2D eigenvalue weighted by atomic mass is 10.1. The van der Waals surface area contributed by atoms with E-state index in [1.54, 1.807) is 55.6 Å². The number of benzene rings is 3. The molecule has 1 atom stereocenters. The Morgan fingerprint density at radius 2 is 1.39 bits per heavy atom. The van der Waals surface area contributed by atoms with Crippen LogP contribution in [0.25, 0.3) is 0 Å². The molecule has 0 aliphatic heterocycles. The van der Waals surface area contributed by atoms with Crippen molar-refractivity contribution in [2.45, 2.75) is 38.3 Å². The first-order valence-corrected chi connectivity index (χ1v) is 11.6. The van der Waals surface area contributed by atoms with Crippen LogP contribution in [0.1, 0.15) is 45.6 Å². The monoisotopic (exact) mass is 436 g/mol. The number of carbonyl (C=O) groups is 1. The van der Waals surface area contributed by atoms with Crippen LogP contribution < -0.4 is 5.32 Å². The first-order chi connectivity index (χ1) is 14.7. The van der Waals surface area contributed by atoms with Gasteiger partial charge in [0.1, 0.15) is 0 Å². The van der Waals surface area contributed by atoms with E-state index in [2.05, 4.69) is 5.32 Å². The zero-order valence-electron chi connectivity index (χ0n) is 18.3. The molecule has 0 fully saturated rings. The lowest BCUT2D eigenvalue weighted by Crippen LogP contribution is -2.27. The molecule has 3 aromatic rings. The molecule has 0 spiro atoms. The number of amides is 1. The van der Waals surface area contributed by atoms with Crippen LogP contribution in [-0.2, 0) is 16.6 Å². The lowest BCUT2D eigenvalue weighted by Gasteiger charge is -2.18. The Bertz CT molecular complexity index is 1140. The van der Waals surface area contributed by atoms with Crippen LogP contribution in [-0.4, -0.2) is 25.7 Å². The maximum absolute atomic E-state index is 12.8. The van der Waals surface area contributed by atoms with Crippen molar-refractivity contribution in [3.8, 4) is 0 Å². The van der Waals surface area contributed by atoms with E-state index >= 15 is 0 Å². The summed E-state index contributed by atoms with van der Waals surface area (Å²) >= 11 is 0. The second kappa shape index (κ2) is 9.45. The fourth-order valence-electron chi connectivity index (χ4n) is 3.21. The average molecular weight is 437 g/mol. The Hall–Kier alpha value is -2.96. The van der Waals surface area contributed by atoms with Gasteiger partial charge in [-0.25, -0.2) is 8.42 Å². The second-order valence-corrected chi connectivity index (χ2v) is 9.92. The van der Waals surface area contributed by atoms with E-state index < -0.39 is 10.0 Å². The summed E-state index contributed by atoms with van der Waals surface area (Å²) in [7, 11) is -2.02. The Morgan fingerprint density at radius 1 is 0.871 bits per heavy atom. The van der Waals surface area contributed by atoms with Crippen LogP contribution in [0.2, 0.25) is 0 Å². The summed E-state index contributed by atoms with van der Waals surface area (Å²) in [6, 6.07) is 21.8. The van der Waals surface area contributed by atoms with Crippen molar-refractivity contribution in [2.24, 2.45) is 0 Å². The van der Waals surface area contributed by atoms with Crippen LogP contribution in [0.4, 0.5) is 0 Å². The summed E-state index contributed by atoms with van der Waals surface area (Å²) in [6.45, 7) is 6.11. The molecule has 3 rings (SSSR count). The third-order valence-electron chi connectivity index (χ3n) is 5.28. The molecule has 0 aliphatic rings. The summed E-state index contributed by atoms with van der Waals surface area (Å²) in [6.07, 6.45) is 0. The highest BCUT2D eigenvalue weighted by Crippen LogP contribution is 2.18. The van der Waals surface area contributed by atoms with Gasteiger partial charge in [0.2, 0.25) is 10.0 Å². The fourth-order valence-corrected chi connectivity index (χ4v) is 4.37. The average Bonchev–Trinajstić information content (AvgIpc) is 2.75. The molecular formula is C25H28N2O3S. The molecule has 162 valence electrons. The van der Waals surface area contributed by atoms with Crippen molar-refractivity contribution in [1.82, 2.24) is 9.62 Å². The SMILES string of the molecule is Cc1ccc(C(C)NC(=O)c2ccc(CN(C)S(=O)(=O)c3ccc(C)cc3)cc2)cc1. The largest absolute Gasteiger partial charge is 0.346 e. The maximum atomic E-state index is 12.8. The first kappa shape index (κ1) is 22.7. The molecule has 0 aliphatic carbocycles. The van der Waals surface area contributed by atoms with Crippen molar-refractivity contribution in [3.63, 3.8) is 0 Å². The summed E-state index contributed by atoms with van der Waals surface area (Å²) in [5.41, 5.74) is 4.56. The van der Waals surface area contributed by atoms with Crippen LogP contribution in [0.15, 0.2) is 77.7 Å². The predicted octanol–water partition coefficient (Wildman–Crippen LogP) is 4.62. The van der Waals surface area contributed by atoms with Crippen LogP contribution >= 0.6 is 0 Å². The molecule has 0 bridgehead atoms. The molecule has 1 unspecified atom stereocenters. The minimum atomic E-state index is -3.58. The van der Waals surface area contributed by atoms with E-state index in [9.17, 15) is 13.2 Å². The summed E-state index contributed by atoms with van der Waals surface area (Å²) < 4.78 is 26.8. The standard InChI is InChI=1S/C25H28N2O3S/c1-18-5-11-22(12-6-18)20(3)26-25(28)23-13-9-21(10-14-23)17-27(4)31(29,30)24-15-7-19(2)8-16-24/h5-16,20H,17H2,1-4H3,(H,26,28). The second-order valence-electron chi connectivity index (χ2n) is 7.88. The molecule has 0 heterocycles. The summed E-state index contributed by atoms with van der Waals surface area (Å²) in [4.78, 5) is 12.8. The predicted molar refractivity (Wildman–Crippen MR) is 123 cm³/mol. The van der Waals surface area contributed by atoms with E-state index in [0.717, 1.165) is 16.7 Å². The van der Waals surface area contributed by atoms with Crippen LogP contribution in [0, 0.1) is 13.8 Å². The van der Waals surface area contributed by atoms with E-state index in [-0.39, 0.29) is 23.4 Å². The van der Waals surface area contributed by atoms with Gasteiger partial charge in [-0.2, -0.15) is 4.31 Å². The highest BCUT2D eigenvalue weighted by atomic mass is 32.2. The number of hydrogen-bond donors (Lipinski definition) is 1. The Labute approximate surface area is 184 Å². The van der Waals surface area contributed by atoms with Gasteiger partial charge in [-0.3, -0.25) is 4.79 Å². The molecular weight excluding hydrogens is 408 g/mol. The van der Waals surface area contributed by atoms with Crippen molar-refractivity contribution in [2.75, 3.05) is 7.05 Å².